The minimum Gasteiger partial charge on any atom is -0.467 e. The third kappa shape index (κ3) is 6.46. The number of unbranched alkanes of at least 4 members (excludes halogenated alkanes) is 1. The Bertz CT molecular complexity index is 1080. The molecular weight excluding hydrogens is 478 g/mol. The molecule has 0 bridgehead atoms. The number of hydrogen-bond donors (Lipinski definition) is 1. The predicted molar refractivity (Wildman–Crippen MR) is 147 cm³/mol. The Balaban J connectivity index is 1.38. The molecule has 0 heterocycles. The molecular formula is C32H41NO5. The number of esters is 2. The highest BCUT2D eigenvalue weighted by Gasteiger charge is 2.36. The van der Waals surface area contributed by atoms with Gasteiger partial charge in [0, 0.05) is 12.8 Å². The highest BCUT2D eigenvalue weighted by Crippen LogP contribution is 2.45. The van der Waals surface area contributed by atoms with Gasteiger partial charge in [-0.15, -0.1) is 0 Å². The first kappa shape index (κ1) is 27.9. The molecule has 1 N–H and O–H groups in total. The van der Waals surface area contributed by atoms with E-state index in [1.807, 2.05) is 0 Å². The van der Waals surface area contributed by atoms with E-state index < -0.39 is 12.0 Å². The van der Waals surface area contributed by atoms with Crippen molar-refractivity contribution < 1.29 is 23.9 Å². The molecule has 1 amide bonds. The van der Waals surface area contributed by atoms with Crippen molar-refractivity contribution >= 4 is 17.8 Å². The highest BCUT2D eigenvalue weighted by molar-refractivity contribution is 5.83. The molecule has 204 valence electrons. The Labute approximate surface area is 226 Å². The van der Waals surface area contributed by atoms with E-state index in [-0.39, 0.29) is 29.6 Å². The van der Waals surface area contributed by atoms with E-state index in [4.69, 9.17) is 9.47 Å². The van der Waals surface area contributed by atoms with Crippen LogP contribution < -0.4 is 5.32 Å². The summed E-state index contributed by atoms with van der Waals surface area (Å²) in [5, 5.41) is 2.68. The largest absolute Gasteiger partial charge is 0.467 e. The van der Waals surface area contributed by atoms with Crippen molar-refractivity contribution in [1.29, 1.82) is 0 Å². The summed E-state index contributed by atoms with van der Waals surface area (Å²) in [5.41, 5.74) is 4.92. The summed E-state index contributed by atoms with van der Waals surface area (Å²) < 4.78 is 10.9. The molecule has 0 radical (unpaired) electrons. The molecule has 2 aliphatic carbocycles. The lowest BCUT2D eigenvalue weighted by Crippen LogP contribution is -2.40. The van der Waals surface area contributed by atoms with Crippen molar-refractivity contribution in [2.75, 3.05) is 13.7 Å². The molecule has 6 heteroatoms. The minimum atomic E-state index is -0.623. The molecule has 6 nitrogen and oxygen atoms in total. The second-order valence-electron chi connectivity index (χ2n) is 10.9. The van der Waals surface area contributed by atoms with Crippen LogP contribution in [-0.2, 0) is 23.9 Å². The van der Waals surface area contributed by atoms with Gasteiger partial charge in [-0.3, -0.25) is 9.59 Å². The molecule has 2 aliphatic rings. The third-order valence-corrected chi connectivity index (χ3v) is 8.47. The van der Waals surface area contributed by atoms with Crippen molar-refractivity contribution in [3.05, 3.63) is 59.7 Å². The maximum atomic E-state index is 13.5. The quantitative estimate of drug-likeness (QED) is 0.236. The molecule has 4 atom stereocenters. The minimum absolute atomic E-state index is 0.0667. The molecule has 38 heavy (non-hydrogen) atoms. The highest BCUT2D eigenvalue weighted by atomic mass is 16.5. The molecule has 1 saturated carbocycles. The Kier molecular flexibility index (Phi) is 9.59. The van der Waals surface area contributed by atoms with Crippen molar-refractivity contribution in [3.8, 4) is 11.1 Å². The summed E-state index contributed by atoms with van der Waals surface area (Å²) in [4.78, 5) is 37.0. The van der Waals surface area contributed by atoms with Crippen LogP contribution in [0.2, 0.25) is 0 Å². The molecule has 2 aromatic carbocycles. The summed E-state index contributed by atoms with van der Waals surface area (Å²) in [7, 11) is 1.34. The van der Waals surface area contributed by atoms with Gasteiger partial charge in [-0.2, -0.15) is 0 Å². The second-order valence-corrected chi connectivity index (χ2v) is 10.9. The van der Waals surface area contributed by atoms with Gasteiger partial charge in [-0.25, -0.2) is 4.79 Å². The number of ether oxygens (including phenoxy) is 2. The third-order valence-electron chi connectivity index (χ3n) is 8.47. The number of rotatable bonds is 10. The van der Waals surface area contributed by atoms with Crippen LogP contribution in [0.1, 0.15) is 82.3 Å². The molecule has 4 rings (SSSR count). The summed E-state index contributed by atoms with van der Waals surface area (Å²) in [6.07, 6.45) is 7.26. The normalized spacial score (nSPS) is 21.5. The fraction of sp³-hybridized carbons (Fsp3) is 0.531. The summed E-state index contributed by atoms with van der Waals surface area (Å²) in [6, 6.07) is 16.2. The van der Waals surface area contributed by atoms with E-state index in [1.165, 1.54) is 36.3 Å². The zero-order valence-corrected chi connectivity index (χ0v) is 22.9. The number of hydrogen-bond acceptors (Lipinski definition) is 5. The van der Waals surface area contributed by atoms with Crippen LogP contribution in [0.25, 0.3) is 11.1 Å². The van der Waals surface area contributed by atoms with Crippen LogP contribution in [-0.4, -0.2) is 37.6 Å². The van der Waals surface area contributed by atoms with Crippen molar-refractivity contribution in [2.24, 2.45) is 17.8 Å². The van der Waals surface area contributed by atoms with Crippen molar-refractivity contribution in [1.82, 2.24) is 5.32 Å². The average molecular weight is 520 g/mol. The Morgan fingerprint density at radius 3 is 2.21 bits per heavy atom. The van der Waals surface area contributed by atoms with Gasteiger partial charge < -0.3 is 14.8 Å². The second kappa shape index (κ2) is 13.1. The molecule has 0 saturated heterocycles. The van der Waals surface area contributed by atoms with Crippen LogP contribution >= 0.6 is 0 Å². The monoisotopic (exact) mass is 519 g/mol. The Hall–Kier alpha value is -3.15. The van der Waals surface area contributed by atoms with Gasteiger partial charge in [0.15, 0.2) is 0 Å². The first-order valence-electron chi connectivity index (χ1n) is 14.1. The van der Waals surface area contributed by atoms with Gasteiger partial charge in [0.05, 0.1) is 13.0 Å². The van der Waals surface area contributed by atoms with E-state index in [9.17, 15) is 14.4 Å². The van der Waals surface area contributed by atoms with Crippen LogP contribution in [0.4, 0.5) is 0 Å². The summed E-state index contributed by atoms with van der Waals surface area (Å²) >= 11 is 0. The lowest BCUT2D eigenvalue weighted by molar-refractivity contribution is -0.152. The Morgan fingerprint density at radius 2 is 1.58 bits per heavy atom. The van der Waals surface area contributed by atoms with Crippen LogP contribution in [0.3, 0.4) is 0 Å². The fourth-order valence-corrected chi connectivity index (χ4v) is 6.51. The lowest BCUT2D eigenvalue weighted by atomic mass is 9.78. The molecule has 3 unspecified atom stereocenters. The van der Waals surface area contributed by atoms with E-state index >= 15 is 0 Å². The fourth-order valence-electron chi connectivity index (χ4n) is 6.51. The molecule has 0 aliphatic heterocycles. The van der Waals surface area contributed by atoms with Gasteiger partial charge in [-0.05, 0) is 53.4 Å². The maximum absolute atomic E-state index is 13.5. The van der Waals surface area contributed by atoms with Gasteiger partial charge in [0.25, 0.3) is 0 Å². The van der Waals surface area contributed by atoms with Gasteiger partial charge in [0.1, 0.15) is 12.6 Å². The van der Waals surface area contributed by atoms with Crippen molar-refractivity contribution in [3.63, 3.8) is 0 Å². The zero-order chi connectivity index (χ0) is 27.1. The Morgan fingerprint density at radius 1 is 0.947 bits per heavy atom. The number of nitrogens with one attached hydrogen (secondary N) is 1. The van der Waals surface area contributed by atoms with Gasteiger partial charge in [0.2, 0.25) is 5.91 Å². The van der Waals surface area contributed by atoms with Crippen LogP contribution in [0.5, 0.6) is 0 Å². The zero-order valence-electron chi connectivity index (χ0n) is 22.9. The summed E-state index contributed by atoms with van der Waals surface area (Å²) in [6.45, 7) is 4.03. The standard InChI is InChI=1S/C32H41NO5/c1-21-12-4-5-18-28(23(21)13-10-11-19-30(32(36)37-3)33-22(2)34)31(35)38-20-29-26-16-8-6-14-24(26)25-15-7-9-17-27(25)29/h6-9,14-17,21,23,28-30H,4-5,10-13,18-20H2,1-3H3,(H,33,34)/t21?,23?,28?,30-/m0/s1. The lowest BCUT2D eigenvalue weighted by Gasteiger charge is -2.29. The first-order valence-corrected chi connectivity index (χ1v) is 14.1. The van der Waals surface area contributed by atoms with Gasteiger partial charge >= 0.3 is 11.9 Å². The first-order chi connectivity index (χ1) is 18.4. The van der Waals surface area contributed by atoms with Crippen LogP contribution in [0, 0.1) is 17.8 Å². The number of benzene rings is 2. The predicted octanol–water partition coefficient (Wildman–Crippen LogP) is 6.02. The van der Waals surface area contributed by atoms with E-state index in [0.29, 0.717) is 18.9 Å². The summed E-state index contributed by atoms with van der Waals surface area (Å²) in [5.74, 6) is -0.0765. The number of amides is 1. The number of methoxy groups -OCH3 is 1. The maximum Gasteiger partial charge on any atom is 0.328 e. The van der Waals surface area contributed by atoms with E-state index in [1.54, 1.807) is 0 Å². The smallest absolute Gasteiger partial charge is 0.328 e. The molecule has 0 spiro atoms. The number of fused-ring (bicyclic) bond motifs is 3. The number of carbonyl (C=O) groups excluding carboxylic acids is 3. The molecule has 1 fully saturated rings. The average Bonchev–Trinajstić information content (AvgIpc) is 3.12. The van der Waals surface area contributed by atoms with Gasteiger partial charge in [-0.1, -0.05) is 87.6 Å². The molecule has 0 aromatic heterocycles. The topological polar surface area (TPSA) is 81.7 Å². The SMILES string of the molecule is COC(=O)[C@H](CCCCC1C(C)CCCCC1C(=O)OCC1c2ccccc2-c2ccccc21)NC(C)=O. The number of carbonyl (C=O) groups is 3. The van der Waals surface area contributed by atoms with Crippen molar-refractivity contribution in [2.45, 2.75) is 77.2 Å². The van der Waals surface area contributed by atoms with E-state index in [0.717, 1.165) is 44.9 Å². The van der Waals surface area contributed by atoms with E-state index in [2.05, 4.69) is 60.8 Å². The van der Waals surface area contributed by atoms with Crippen LogP contribution in [0.15, 0.2) is 48.5 Å². The molecule has 2 aromatic rings.